The molecule has 37 heavy (non-hydrogen) atoms. The number of amides is 1. The molecule has 210 valence electrons. The number of hydrogen-bond acceptors (Lipinski definition) is 4. The Morgan fingerprint density at radius 1 is 0.946 bits per heavy atom. The van der Waals surface area contributed by atoms with Crippen LogP contribution in [0.5, 0.6) is 0 Å². The number of nitrogens with one attached hydrogen (secondary N) is 2. The van der Waals surface area contributed by atoms with Crippen molar-refractivity contribution >= 4 is 5.91 Å². The molecular formula is C32H56N4O. The van der Waals surface area contributed by atoms with E-state index in [9.17, 15) is 4.79 Å². The fourth-order valence-electron chi connectivity index (χ4n) is 9.72. The van der Waals surface area contributed by atoms with Crippen LogP contribution in [-0.2, 0) is 4.79 Å². The van der Waals surface area contributed by atoms with E-state index < -0.39 is 0 Å². The van der Waals surface area contributed by atoms with Gasteiger partial charge in [-0.15, -0.1) is 0 Å². The fourth-order valence-corrected chi connectivity index (χ4v) is 9.72. The summed E-state index contributed by atoms with van der Waals surface area (Å²) in [5.74, 6) is 4.06. The van der Waals surface area contributed by atoms with Gasteiger partial charge < -0.3 is 10.2 Å². The average molecular weight is 513 g/mol. The number of carbonyl (C=O) groups excluding carboxylic acids is 1. The maximum absolute atomic E-state index is 14.0. The van der Waals surface area contributed by atoms with Crippen molar-refractivity contribution in [2.24, 2.45) is 35.0 Å². The van der Waals surface area contributed by atoms with Crippen molar-refractivity contribution in [3.63, 3.8) is 0 Å². The number of piperidine rings is 2. The van der Waals surface area contributed by atoms with Gasteiger partial charge in [0.15, 0.2) is 0 Å². The number of hydrazine groups is 1. The van der Waals surface area contributed by atoms with Gasteiger partial charge in [0.1, 0.15) is 0 Å². The molecule has 5 nitrogen and oxygen atoms in total. The average Bonchev–Trinajstić information content (AvgIpc) is 3.85. The van der Waals surface area contributed by atoms with Gasteiger partial charge in [0, 0.05) is 49.2 Å². The molecule has 3 aliphatic heterocycles. The molecule has 2 N–H and O–H groups in total. The van der Waals surface area contributed by atoms with Crippen molar-refractivity contribution in [1.29, 1.82) is 0 Å². The Hall–Kier alpha value is -0.650. The van der Waals surface area contributed by atoms with Crippen LogP contribution in [0, 0.1) is 35.0 Å². The molecule has 6 atom stereocenters. The van der Waals surface area contributed by atoms with Gasteiger partial charge in [-0.1, -0.05) is 34.1 Å². The van der Waals surface area contributed by atoms with Gasteiger partial charge in [-0.3, -0.25) is 10.2 Å². The molecule has 0 radical (unpaired) electrons. The molecule has 0 aromatic rings. The van der Waals surface area contributed by atoms with E-state index in [1.54, 1.807) is 0 Å². The van der Waals surface area contributed by atoms with Crippen LogP contribution in [0.4, 0.5) is 0 Å². The number of rotatable bonds is 8. The summed E-state index contributed by atoms with van der Waals surface area (Å²) < 4.78 is 0. The Morgan fingerprint density at radius 3 is 2.19 bits per heavy atom. The lowest BCUT2D eigenvalue weighted by Crippen LogP contribution is -2.59. The normalized spacial score (nSPS) is 42.1. The van der Waals surface area contributed by atoms with Gasteiger partial charge in [-0.25, -0.2) is 5.01 Å². The minimum absolute atomic E-state index is 0.178. The highest BCUT2D eigenvalue weighted by Crippen LogP contribution is 2.56. The Morgan fingerprint density at radius 2 is 1.65 bits per heavy atom. The number of fused-ring (bicyclic) bond motifs is 1. The molecular weight excluding hydrogens is 456 g/mol. The third-order valence-corrected chi connectivity index (χ3v) is 12.3. The molecule has 6 rings (SSSR count). The molecule has 3 heterocycles. The van der Waals surface area contributed by atoms with Crippen LogP contribution in [0.3, 0.4) is 0 Å². The van der Waals surface area contributed by atoms with Gasteiger partial charge in [-0.05, 0) is 107 Å². The first-order valence-corrected chi connectivity index (χ1v) is 16.5. The van der Waals surface area contributed by atoms with Crippen molar-refractivity contribution in [2.75, 3.05) is 13.1 Å². The van der Waals surface area contributed by atoms with Crippen LogP contribution < -0.4 is 10.7 Å². The standard InChI is InChI=1S/C32H56N4O/c1-5-7-26-30-27(6-2)35(31(37)24-12-15-29(33-20-24)32(17-18-32)21(3)4)19-16-28(30)36(34-26)25-13-10-23(11-14-25)22-8-9-22/h21-30,33-34H,5-20H2,1-4H3. The van der Waals surface area contributed by atoms with E-state index in [1.165, 1.54) is 70.6 Å². The second-order valence-corrected chi connectivity index (χ2v) is 14.4. The van der Waals surface area contributed by atoms with E-state index in [-0.39, 0.29) is 5.92 Å². The van der Waals surface area contributed by atoms with E-state index in [0.717, 1.165) is 50.1 Å². The SMILES string of the molecule is CCCC1NN(C2CCC(C3CC3)CC2)C2CCN(C(=O)C3CCC(C4(C(C)C)CC4)NC3)C(CC)C12. The summed E-state index contributed by atoms with van der Waals surface area (Å²) in [5.41, 5.74) is 4.61. The van der Waals surface area contributed by atoms with E-state index in [4.69, 9.17) is 0 Å². The summed E-state index contributed by atoms with van der Waals surface area (Å²) in [4.78, 5) is 16.4. The summed E-state index contributed by atoms with van der Waals surface area (Å²) in [7, 11) is 0. The molecule has 0 aromatic carbocycles. The summed E-state index contributed by atoms with van der Waals surface area (Å²) in [6.45, 7) is 11.3. The minimum atomic E-state index is 0.178. The van der Waals surface area contributed by atoms with Crippen molar-refractivity contribution in [3.8, 4) is 0 Å². The largest absolute Gasteiger partial charge is 0.339 e. The monoisotopic (exact) mass is 512 g/mol. The van der Waals surface area contributed by atoms with Crippen LogP contribution in [-0.4, -0.2) is 59.1 Å². The molecule has 0 spiro atoms. The Balaban J connectivity index is 1.11. The molecule has 0 bridgehead atoms. The lowest BCUT2D eigenvalue weighted by Gasteiger charge is -2.48. The van der Waals surface area contributed by atoms with E-state index in [1.807, 2.05) is 0 Å². The highest BCUT2D eigenvalue weighted by atomic mass is 16.2. The maximum atomic E-state index is 14.0. The molecule has 6 fully saturated rings. The predicted molar refractivity (Wildman–Crippen MR) is 151 cm³/mol. The van der Waals surface area contributed by atoms with Gasteiger partial charge >= 0.3 is 0 Å². The zero-order valence-corrected chi connectivity index (χ0v) is 24.4. The van der Waals surface area contributed by atoms with Crippen LogP contribution >= 0.6 is 0 Å². The molecule has 3 saturated carbocycles. The summed E-state index contributed by atoms with van der Waals surface area (Å²) >= 11 is 0. The van der Waals surface area contributed by atoms with Crippen molar-refractivity contribution in [2.45, 2.75) is 148 Å². The molecule has 3 aliphatic carbocycles. The first-order valence-electron chi connectivity index (χ1n) is 16.5. The highest BCUT2D eigenvalue weighted by Gasteiger charge is 2.54. The predicted octanol–water partition coefficient (Wildman–Crippen LogP) is 5.74. The summed E-state index contributed by atoms with van der Waals surface area (Å²) in [5, 5.41) is 6.64. The van der Waals surface area contributed by atoms with Gasteiger partial charge in [0.05, 0.1) is 5.92 Å². The second kappa shape index (κ2) is 10.7. The zero-order chi connectivity index (χ0) is 25.7. The van der Waals surface area contributed by atoms with Crippen LogP contribution in [0.2, 0.25) is 0 Å². The number of carbonyl (C=O) groups is 1. The number of nitrogens with zero attached hydrogens (tertiary/aromatic N) is 2. The van der Waals surface area contributed by atoms with Crippen molar-refractivity contribution in [3.05, 3.63) is 0 Å². The lowest BCUT2D eigenvalue weighted by atomic mass is 9.76. The minimum Gasteiger partial charge on any atom is -0.339 e. The molecule has 5 heteroatoms. The van der Waals surface area contributed by atoms with E-state index in [2.05, 4.69) is 48.3 Å². The number of hydrogen-bond donors (Lipinski definition) is 2. The fraction of sp³-hybridized carbons (Fsp3) is 0.969. The highest BCUT2D eigenvalue weighted by molar-refractivity contribution is 5.79. The second-order valence-electron chi connectivity index (χ2n) is 14.4. The molecule has 3 saturated heterocycles. The van der Waals surface area contributed by atoms with Gasteiger partial charge in [0.25, 0.3) is 0 Å². The number of likely N-dealkylation sites (tertiary alicyclic amines) is 1. The Labute approximate surface area is 227 Å². The summed E-state index contributed by atoms with van der Waals surface area (Å²) in [6, 6.07) is 2.88. The molecule has 6 unspecified atom stereocenters. The molecule has 6 aliphatic rings. The third-order valence-electron chi connectivity index (χ3n) is 12.3. The Kier molecular flexibility index (Phi) is 7.70. The topological polar surface area (TPSA) is 47.6 Å². The quantitative estimate of drug-likeness (QED) is 0.435. The zero-order valence-electron chi connectivity index (χ0n) is 24.4. The van der Waals surface area contributed by atoms with Crippen molar-refractivity contribution < 1.29 is 4.79 Å². The van der Waals surface area contributed by atoms with Crippen molar-refractivity contribution in [1.82, 2.24) is 20.7 Å². The third kappa shape index (κ3) is 4.92. The summed E-state index contributed by atoms with van der Waals surface area (Å²) in [6.07, 6.45) is 18.4. The van der Waals surface area contributed by atoms with Crippen LogP contribution in [0.1, 0.15) is 118 Å². The molecule has 1 amide bonds. The van der Waals surface area contributed by atoms with Gasteiger partial charge in [-0.2, -0.15) is 0 Å². The lowest BCUT2D eigenvalue weighted by molar-refractivity contribution is -0.143. The smallest absolute Gasteiger partial charge is 0.227 e. The first kappa shape index (κ1) is 26.6. The first-order chi connectivity index (χ1) is 18.0. The van der Waals surface area contributed by atoms with E-state index >= 15 is 0 Å². The van der Waals surface area contributed by atoms with Crippen LogP contribution in [0.15, 0.2) is 0 Å². The van der Waals surface area contributed by atoms with Crippen LogP contribution in [0.25, 0.3) is 0 Å². The Bertz CT molecular complexity index is 791. The van der Waals surface area contributed by atoms with Gasteiger partial charge in [0.2, 0.25) is 5.91 Å². The van der Waals surface area contributed by atoms with E-state index in [0.29, 0.717) is 47.4 Å². The molecule has 0 aromatic heterocycles. The maximum Gasteiger partial charge on any atom is 0.227 e.